The van der Waals surface area contributed by atoms with Gasteiger partial charge in [-0.3, -0.25) is 4.79 Å². The van der Waals surface area contributed by atoms with Gasteiger partial charge in [-0.15, -0.1) is 0 Å². The number of halogens is 2. The zero-order valence-electron chi connectivity index (χ0n) is 7.72. The molecule has 14 heavy (non-hydrogen) atoms. The fraction of sp³-hybridized carbons (Fsp3) is 0.300. The van der Waals surface area contributed by atoms with Crippen LogP contribution in [-0.2, 0) is 0 Å². The minimum absolute atomic E-state index is 0.155. The van der Waals surface area contributed by atoms with Gasteiger partial charge >= 0.3 is 0 Å². The van der Waals surface area contributed by atoms with Crippen LogP contribution in [0.4, 0.5) is 0 Å². The molecule has 0 saturated heterocycles. The number of benzene rings is 1. The Morgan fingerprint density at radius 3 is 2.79 bits per heavy atom. The molecule has 0 fully saturated rings. The van der Waals surface area contributed by atoms with Crippen molar-refractivity contribution in [2.45, 2.75) is 6.42 Å². The van der Waals surface area contributed by atoms with Gasteiger partial charge in [-0.1, -0.05) is 15.9 Å². The third-order valence-corrected chi connectivity index (χ3v) is 3.03. The largest absolute Gasteiger partial charge is 0.496 e. The smallest absolute Gasteiger partial charge is 0.163 e. The molecule has 0 aromatic heterocycles. The molecule has 1 aromatic rings. The molecule has 0 heterocycles. The lowest BCUT2D eigenvalue weighted by Gasteiger charge is -2.04. The van der Waals surface area contributed by atoms with E-state index < -0.39 is 0 Å². The topological polar surface area (TPSA) is 26.3 Å². The van der Waals surface area contributed by atoms with E-state index in [9.17, 15) is 4.79 Å². The summed E-state index contributed by atoms with van der Waals surface area (Å²) in [6, 6.07) is 5.47. The van der Waals surface area contributed by atoms with Gasteiger partial charge in [0.25, 0.3) is 0 Å². The van der Waals surface area contributed by atoms with Crippen molar-refractivity contribution in [2.24, 2.45) is 0 Å². The summed E-state index contributed by atoms with van der Waals surface area (Å²) in [5.74, 6) is 0.962. The molecule has 0 saturated carbocycles. The first-order chi connectivity index (χ1) is 6.69. The van der Waals surface area contributed by atoms with E-state index in [1.165, 1.54) is 0 Å². The van der Waals surface area contributed by atoms with Crippen molar-refractivity contribution in [3.8, 4) is 5.75 Å². The summed E-state index contributed by atoms with van der Waals surface area (Å²) in [7, 11) is 1.62. The lowest BCUT2D eigenvalue weighted by Crippen LogP contribution is -2.00. The van der Waals surface area contributed by atoms with Crippen LogP contribution < -0.4 is 4.74 Å². The quantitative estimate of drug-likeness (QED) is 0.463. The number of carbonyl (C=O) groups excluding carboxylic acids is 1. The third-order valence-electron chi connectivity index (χ3n) is 1.80. The zero-order chi connectivity index (χ0) is 10.6. The van der Waals surface area contributed by atoms with E-state index in [1.807, 2.05) is 12.1 Å². The normalized spacial score (nSPS) is 9.93. The van der Waals surface area contributed by atoms with Crippen LogP contribution in [0.25, 0.3) is 0 Å². The maximum Gasteiger partial charge on any atom is 0.163 e. The van der Waals surface area contributed by atoms with Crippen molar-refractivity contribution in [1.82, 2.24) is 0 Å². The van der Waals surface area contributed by atoms with Gasteiger partial charge in [0, 0.05) is 17.3 Å². The van der Waals surface area contributed by atoms with Crippen LogP contribution in [0.5, 0.6) is 5.75 Å². The number of ether oxygens (including phenoxy) is 1. The molecule has 1 rings (SSSR count). The van der Waals surface area contributed by atoms with E-state index in [-0.39, 0.29) is 5.78 Å². The molecule has 0 aliphatic carbocycles. The molecule has 0 bridgehead atoms. The van der Waals surface area contributed by atoms with Crippen LogP contribution in [0.15, 0.2) is 18.2 Å². The predicted molar refractivity (Wildman–Crippen MR) is 68.5 cm³/mol. The highest BCUT2D eigenvalue weighted by molar-refractivity contribution is 14.1. The summed E-state index contributed by atoms with van der Waals surface area (Å²) < 4.78 is 6.08. The number of methoxy groups -OCH3 is 1. The lowest BCUT2D eigenvalue weighted by molar-refractivity contribution is 0.0990. The Bertz CT molecular complexity index is 339. The van der Waals surface area contributed by atoms with Gasteiger partial charge in [-0.2, -0.15) is 0 Å². The number of hydrogen-bond acceptors (Lipinski definition) is 2. The van der Waals surface area contributed by atoms with Gasteiger partial charge in [0.1, 0.15) is 5.75 Å². The Hall–Kier alpha value is -0.100. The van der Waals surface area contributed by atoms with E-state index in [0.717, 1.165) is 14.9 Å². The Balaban J connectivity index is 2.91. The van der Waals surface area contributed by atoms with Crippen molar-refractivity contribution >= 4 is 44.3 Å². The molecule has 0 aliphatic rings. The molecule has 2 nitrogen and oxygen atoms in total. The van der Waals surface area contributed by atoms with Crippen molar-refractivity contribution in [3.05, 3.63) is 27.3 Å². The highest BCUT2D eigenvalue weighted by Gasteiger charge is 2.07. The average Bonchev–Trinajstić information content (AvgIpc) is 2.18. The van der Waals surface area contributed by atoms with Crippen molar-refractivity contribution < 1.29 is 9.53 Å². The molecular weight excluding hydrogens is 359 g/mol. The molecule has 0 amide bonds. The van der Waals surface area contributed by atoms with Gasteiger partial charge < -0.3 is 4.74 Å². The maximum absolute atomic E-state index is 11.5. The van der Waals surface area contributed by atoms with Crippen LogP contribution >= 0.6 is 38.5 Å². The number of Topliss-reactive ketones (excluding diaryl/α,β-unsaturated/α-hetero) is 1. The summed E-state index contributed by atoms with van der Waals surface area (Å²) in [5.41, 5.74) is 0.745. The van der Waals surface area contributed by atoms with E-state index in [1.54, 1.807) is 13.2 Å². The second kappa shape index (κ2) is 5.70. The lowest BCUT2D eigenvalue weighted by atomic mass is 10.1. The summed E-state index contributed by atoms with van der Waals surface area (Å²) in [4.78, 5) is 11.5. The van der Waals surface area contributed by atoms with Gasteiger partial charge in [-0.05, 0) is 40.8 Å². The maximum atomic E-state index is 11.5. The second-order valence-corrected chi connectivity index (χ2v) is 4.67. The number of ketones is 1. The highest BCUT2D eigenvalue weighted by Crippen LogP contribution is 2.22. The van der Waals surface area contributed by atoms with Gasteiger partial charge in [0.15, 0.2) is 5.78 Å². The SMILES string of the molecule is COc1ccc(C(=O)CCBr)cc1I. The minimum atomic E-state index is 0.155. The Morgan fingerprint density at radius 1 is 1.57 bits per heavy atom. The van der Waals surface area contributed by atoms with Crippen LogP contribution in [0.2, 0.25) is 0 Å². The summed E-state index contributed by atoms with van der Waals surface area (Å²) in [6.45, 7) is 0. The first-order valence-corrected chi connectivity index (χ1v) is 6.31. The number of alkyl halides is 1. The molecule has 76 valence electrons. The first kappa shape index (κ1) is 12.0. The van der Waals surface area contributed by atoms with Crippen LogP contribution in [0.3, 0.4) is 0 Å². The zero-order valence-corrected chi connectivity index (χ0v) is 11.5. The average molecular weight is 369 g/mol. The van der Waals surface area contributed by atoms with Gasteiger partial charge in [-0.25, -0.2) is 0 Å². The van der Waals surface area contributed by atoms with Crippen molar-refractivity contribution in [1.29, 1.82) is 0 Å². The van der Waals surface area contributed by atoms with Crippen molar-refractivity contribution in [2.75, 3.05) is 12.4 Å². The molecule has 4 heteroatoms. The summed E-state index contributed by atoms with van der Waals surface area (Å²) in [5, 5.41) is 0.703. The van der Waals surface area contributed by atoms with E-state index in [0.29, 0.717) is 11.8 Å². The Labute approximate surface area is 105 Å². The monoisotopic (exact) mass is 368 g/mol. The van der Waals surface area contributed by atoms with E-state index in [4.69, 9.17) is 4.74 Å². The predicted octanol–water partition coefficient (Wildman–Crippen LogP) is 3.27. The fourth-order valence-electron chi connectivity index (χ4n) is 1.07. The van der Waals surface area contributed by atoms with Crippen LogP contribution in [0, 0.1) is 3.57 Å². The van der Waals surface area contributed by atoms with Crippen molar-refractivity contribution in [3.63, 3.8) is 0 Å². The van der Waals surface area contributed by atoms with E-state index in [2.05, 4.69) is 38.5 Å². The fourth-order valence-corrected chi connectivity index (χ4v) is 2.17. The second-order valence-electron chi connectivity index (χ2n) is 2.71. The molecule has 0 N–H and O–H groups in total. The molecule has 1 aromatic carbocycles. The van der Waals surface area contributed by atoms with Gasteiger partial charge in [0.05, 0.1) is 10.7 Å². The van der Waals surface area contributed by atoms with Gasteiger partial charge in [0.2, 0.25) is 0 Å². The molecule has 0 unspecified atom stereocenters. The Morgan fingerprint density at radius 2 is 2.29 bits per heavy atom. The number of carbonyl (C=O) groups is 1. The minimum Gasteiger partial charge on any atom is -0.496 e. The molecular formula is C10H10BrIO2. The summed E-state index contributed by atoms with van der Waals surface area (Å²) >= 11 is 5.41. The van der Waals surface area contributed by atoms with Crippen LogP contribution in [-0.4, -0.2) is 18.2 Å². The van der Waals surface area contributed by atoms with Crippen LogP contribution in [0.1, 0.15) is 16.8 Å². The molecule has 0 aliphatic heterocycles. The highest BCUT2D eigenvalue weighted by atomic mass is 127. The number of hydrogen-bond donors (Lipinski definition) is 0. The first-order valence-electron chi connectivity index (χ1n) is 4.11. The summed E-state index contributed by atoms with van der Waals surface area (Å²) in [6.07, 6.45) is 0.530. The molecule has 0 atom stereocenters. The van der Waals surface area contributed by atoms with E-state index >= 15 is 0 Å². The number of rotatable bonds is 4. The molecule has 0 radical (unpaired) electrons. The Kier molecular flexibility index (Phi) is 4.88. The molecule has 0 spiro atoms. The standard InChI is InChI=1S/C10H10BrIO2/c1-14-10-3-2-7(6-8(10)12)9(13)4-5-11/h2-3,6H,4-5H2,1H3. The third kappa shape index (κ3) is 2.95.